The minimum atomic E-state index is 0.549. The van der Waals surface area contributed by atoms with Crippen LogP contribution in [0, 0.1) is 5.92 Å². The van der Waals surface area contributed by atoms with Gasteiger partial charge in [-0.15, -0.1) is 0 Å². The molecule has 2 heteroatoms. The Balaban J connectivity index is 1.94. The molecule has 0 amide bonds. The van der Waals surface area contributed by atoms with E-state index < -0.39 is 0 Å². The van der Waals surface area contributed by atoms with Gasteiger partial charge in [0, 0.05) is 12.6 Å². The van der Waals surface area contributed by atoms with Gasteiger partial charge in [0.15, 0.2) is 0 Å². The van der Waals surface area contributed by atoms with Crippen LogP contribution in [0.4, 0.5) is 0 Å². The summed E-state index contributed by atoms with van der Waals surface area (Å²) in [6, 6.07) is 11.5. The third kappa shape index (κ3) is 4.32. The Labute approximate surface area is 118 Å². The van der Waals surface area contributed by atoms with Crippen molar-refractivity contribution in [3.8, 4) is 0 Å². The molecule has 1 saturated heterocycles. The van der Waals surface area contributed by atoms with Crippen molar-refractivity contribution >= 4 is 0 Å². The maximum Gasteiger partial charge on any atom is 0.0472 e. The van der Waals surface area contributed by atoms with E-state index in [0.717, 1.165) is 19.0 Å². The van der Waals surface area contributed by atoms with Gasteiger partial charge in [0.25, 0.3) is 0 Å². The molecule has 0 bridgehead atoms. The normalized spacial score (nSPS) is 19.5. The molecule has 1 fully saturated rings. The highest BCUT2D eigenvalue weighted by Gasteiger charge is 2.22. The molecule has 19 heavy (non-hydrogen) atoms. The third-order valence-corrected chi connectivity index (χ3v) is 4.29. The zero-order chi connectivity index (χ0) is 13.5. The second kappa shape index (κ2) is 7.66. The number of hydrogen-bond acceptors (Lipinski definition) is 2. The second-order valence-electron chi connectivity index (χ2n) is 5.84. The average Bonchev–Trinajstić information content (AvgIpc) is 2.98. The lowest BCUT2D eigenvalue weighted by atomic mass is 10.0. The molecule has 2 unspecified atom stereocenters. The zero-order valence-electron chi connectivity index (χ0n) is 12.4. The fourth-order valence-corrected chi connectivity index (χ4v) is 2.80. The second-order valence-corrected chi connectivity index (χ2v) is 5.84. The standard InChI is InChI=1S/C17H28N2/c1-3-15(2)13-18-14-17(19-11-7-8-12-19)16-9-5-4-6-10-16/h4-6,9-10,15,17-18H,3,7-8,11-14H2,1-2H3. The van der Waals surface area contributed by atoms with Crippen molar-refractivity contribution in [2.75, 3.05) is 26.2 Å². The quantitative estimate of drug-likeness (QED) is 0.807. The predicted molar refractivity (Wildman–Crippen MR) is 82.3 cm³/mol. The molecule has 1 aromatic rings. The van der Waals surface area contributed by atoms with Crippen molar-refractivity contribution < 1.29 is 0 Å². The van der Waals surface area contributed by atoms with Crippen LogP contribution < -0.4 is 5.32 Å². The number of benzene rings is 1. The molecule has 2 rings (SSSR count). The van der Waals surface area contributed by atoms with Crippen LogP contribution in [-0.2, 0) is 0 Å². The summed E-state index contributed by atoms with van der Waals surface area (Å²) in [5.74, 6) is 0.773. The van der Waals surface area contributed by atoms with E-state index in [1.54, 1.807) is 0 Å². The number of nitrogens with one attached hydrogen (secondary N) is 1. The van der Waals surface area contributed by atoms with Gasteiger partial charge >= 0.3 is 0 Å². The molecule has 1 aromatic carbocycles. The van der Waals surface area contributed by atoms with Crippen molar-refractivity contribution in [1.82, 2.24) is 10.2 Å². The van der Waals surface area contributed by atoms with Gasteiger partial charge in [-0.1, -0.05) is 50.6 Å². The molecule has 2 nitrogen and oxygen atoms in total. The first-order valence-corrected chi connectivity index (χ1v) is 7.81. The molecule has 1 N–H and O–H groups in total. The van der Waals surface area contributed by atoms with E-state index in [2.05, 4.69) is 54.4 Å². The van der Waals surface area contributed by atoms with E-state index in [-0.39, 0.29) is 0 Å². The summed E-state index contributed by atoms with van der Waals surface area (Å²) in [5.41, 5.74) is 1.46. The van der Waals surface area contributed by atoms with Crippen LogP contribution in [-0.4, -0.2) is 31.1 Å². The van der Waals surface area contributed by atoms with Gasteiger partial charge < -0.3 is 5.32 Å². The minimum absolute atomic E-state index is 0.549. The van der Waals surface area contributed by atoms with E-state index in [9.17, 15) is 0 Å². The smallest absolute Gasteiger partial charge is 0.0472 e. The van der Waals surface area contributed by atoms with Crippen LogP contribution in [0.1, 0.15) is 44.7 Å². The van der Waals surface area contributed by atoms with Crippen LogP contribution in [0.25, 0.3) is 0 Å². The molecule has 1 aliphatic heterocycles. The predicted octanol–water partition coefficient (Wildman–Crippen LogP) is 3.46. The highest BCUT2D eigenvalue weighted by atomic mass is 15.2. The van der Waals surface area contributed by atoms with Gasteiger partial charge in [-0.05, 0) is 44.0 Å². The van der Waals surface area contributed by atoms with E-state index in [0.29, 0.717) is 6.04 Å². The Morgan fingerprint density at radius 2 is 1.79 bits per heavy atom. The van der Waals surface area contributed by atoms with Crippen LogP contribution in [0.3, 0.4) is 0 Å². The summed E-state index contributed by atoms with van der Waals surface area (Å²) in [6.07, 6.45) is 3.97. The molecule has 0 aliphatic carbocycles. The van der Waals surface area contributed by atoms with Crippen LogP contribution in [0.2, 0.25) is 0 Å². The lowest BCUT2D eigenvalue weighted by molar-refractivity contribution is 0.236. The first-order chi connectivity index (χ1) is 9.31. The molecule has 2 atom stereocenters. The van der Waals surface area contributed by atoms with Gasteiger partial charge in [-0.2, -0.15) is 0 Å². The number of rotatable bonds is 7. The lowest BCUT2D eigenvalue weighted by Gasteiger charge is -2.28. The average molecular weight is 260 g/mol. The van der Waals surface area contributed by atoms with Gasteiger partial charge in [0.05, 0.1) is 0 Å². The zero-order valence-corrected chi connectivity index (χ0v) is 12.4. The Kier molecular flexibility index (Phi) is 5.87. The van der Waals surface area contributed by atoms with Gasteiger partial charge in [0.2, 0.25) is 0 Å². The fourth-order valence-electron chi connectivity index (χ4n) is 2.80. The largest absolute Gasteiger partial charge is 0.315 e. The van der Waals surface area contributed by atoms with E-state index >= 15 is 0 Å². The van der Waals surface area contributed by atoms with Gasteiger partial charge in [-0.3, -0.25) is 4.90 Å². The van der Waals surface area contributed by atoms with E-state index in [4.69, 9.17) is 0 Å². The summed E-state index contributed by atoms with van der Waals surface area (Å²) in [6.45, 7) is 9.30. The van der Waals surface area contributed by atoms with Crippen LogP contribution in [0.5, 0.6) is 0 Å². The number of hydrogen-bond donors (Lipinski definition) is 1. The monoisotopic (exact) mass is 260 g/mol. The first kappa shape index (κ1) is 14.5. The summed E-state index contributed by atoms with van der Waals surface area (Å²) in [5, 5.41) is 3.67. The molecule has 106 valence electrons. The minimum Gasteiger partial charge on any atom is -0.315 e. The molecule has 1 heterocycles. The summed E-state index contributed by atoms with van der Waals surface area (Å²) < 4.78 is 0. The Hall–Kier alpha value is -0.860. The Morgan fingerprint density at radius 3 is 2.42 bits per heavy atom. The highest BCUT2D eigenvalue weighted by molar-refractivity contribution is 5.19. The van der Waals surface area contributed by atoms with Crippen molar-refractivity contribution in [3.05, 3.63) is 35.9 Å². The van der Waals surface area contributed by atoms with Crippen molar-refractivity contribution in [1.29, 1.82) is 0 Å². The van der Waals surface area contributed by atoms with Crippen LogP contribution in [0.15, 0.2) is 30.3 Å². The maximum atomic E-state index is 3.67. The fraction of sp³-hybridized carbons (Fsp3) is 0.647. The number of likely N-dealkylation sites (tertiary alicyclic amines) is 1. The highest BCUT2D eigenvalue weighted by Crippen LogP contribution is 2.24. The molecule has 0 aromatic heterocycles. The number of nitrogens with zero attached hydrogens (tertiary/aromatic N) is 1. The Bertz CT molecular complexity index is 344. The molecule has 0 spiro atoms. The van der Waals surface area contributed by atoms with Crippen LogP contribution >= 0.6 is 0 Å². The topological polar surface area (TPSA) is 15.3 Å². The lowest BCUT2D eigenvalue weighted by Crippen LogP contribution is -2.35. The van der Waals surface area contributed by atoms with E-state index in [1.807, 2.05) is 0 Å². The maximum absolute atomic E-state index is 3.67. The molecule has 1 aliphatic rings. The van der Waals surface area contributed by atoms with Gasteiger partial charge in [0.1, 0.15) is 0 Å². The summed E-state index contributed by atoms with van der Waals surface area (Å²) in [4.78, 5) is 2.64. The summed E-state index contributed by atoms with van der Waals surface area (Å²) >= 11 is 0. The van der Waals surface area contributed by atoms with Gasteiger partial charge in [-0.25, -0.2) is 0 Å². The molecular weight excluding hydrogens is 232 g/mol. The van der Waals surface area contributed by atoms with Crippen molar-refractivity contribution in [3.63, 3.8) is 0 Å². The molecular formula is C17H28N2. The summed E-state index contributed by atoms with van der Waals surface area (Å²) in [7, 11) is 0. The SMILES string of the molecule is CCC(C)CNCC(c1ccccc1)N1CCCC1. The first-order valence-electron chi connectivity index (χ1n) is 7.81. The Morgan fingerprint density at radius 1 is 1.11 bits per heavy atom. The van der Waals surface area contributed by atoms with Crippen molar-refractivity contribution in [2.45, 2.75) is 39.2 Å². The molecule has 0 saturated carbocycles. The molecule has 0 radical (unpaired) electrons. The van der Waals surface area contributed by atoms with E-state index in [1.165, 1.54) is 37.9 Å². The van der Waals surface area contributed by atoms with Crippen molar-refractivity contribution in [2.24, 2.45) is 5.92 Å². The third-order valence-electron chi connectivity index (χ3n) is 4.29.